The van der Waals surface area contributed by atoms with Gasteiger partial charge < -0.3 is 9.84 Å². The van der Waals surface area contributed by atoms with Gasteiger partial charge in [-0.2, -0.15) is 0 Å². The molecule has 5 nitrogen and oxygen atoms in total. The molecule has 1 atom stereocenters. The lowest BCUT2D eigenvalue weighted by atomic mass is 10.1. The smallest absolute Gasteiger partial charge is 0.212 e. The van der Waals surface area contributed by atoms with Gasteiger partial charge in [-0.1, -0.05) is 30.3 Å². The Bertz CT molecular complexity index is 447. The number of ether oxygens (including phenoxy) is 1. The van der Waals surface area contributed by atoms with E-state index in [0.29, 0.717) is 19.4 Å². The summed E-state index contributed by atoms with van der Waals surface area (Å²) in [4.78, 5) is 0. The van der Waals surface area contributed by atoms with Crippen LogP contribution in [0, 0.1) is 0 Å². The van der Waals surface area contributed by atoms with Gasteiger partial charge in [0.15, 0.2) is 0 Å². The van der Waals surface area contributed by atoms with Gasteiger partial charge in [-0.3, -0.25) is 0 Å². The lowest BCUT2D eigenvalue weighted by Crippen LogP contribution is -2.40. The molecule has 19 heavy (non-hydrogen) atoms. The standard InChI is InChI=1S/C13H21NO4S/c1-18-8-5-9-19(16,17)14-13(11-15)10-12-6-3-2-4-7-12/h2-4,6-7,13-15H,5,8-11H2,1H3/t13-/m1/s1. The molecular formula is C13H21NO4S. The molecule has 2 N–H and O–H groups in total. The summed E-state index contributed by atoms with van der Waals surface area (Å²) in [6, 6.07) is 8.99. The molecule has 1 rings (SSSR count). The fourth-order valence-corrected chi connectivity index (χ4v) is 3.03. The summed E-state index contributed by atoms with van der Waals surface area (Å²) in [6.07, 6.45) is 0.913. The topological polar surface area (TPSA) is 75.6 Å². The van der Waals surface area contributed by atoms with Crippen molar-refractivity contribution in [2.75, 3.05) is 26.1 Å². The maximum atomic E-state index is 11.8. The van der Waals surface area contributed by atoms with Gasteiger partial charge in [0.2, 0.25) is 10.0 Å². The SMILES string of the molecule is COCCCS(=O)(=O)N[C@@H](CO)Cc1ccccc1. The van der Waals surface area contributed by atoms with Gasteiger partial charge in [-0.15, -0.1) is 0 Å². The van der Waals surface area contributed by atoms with E-state index in [4.69, 9.17) is 4.74 Å². The highest BCUT2D eigenvalue weighted by atomic mass is 32.2. The van der Waals surface area contributed by atoms with E-state index in [1.54, 1.807) is 0 Å². The number of hydrogen-bond donors (Lipinski definition) is 2. The third-order valence-corrected chi connectivity index (χ3v) is 4.17. The molecule has 0 saturated carbocycles. The molecule has 0 aliphatic rings. The zero-order chi connectivity index (χ0) is 14.1. The van der Waals surface area contributed by atoms with E-state index in [1.807, 2.05) is 30.3 Å². The number of hydrogen-bond acceptors (Lipinski definition) is 4. The van der Waals surface area contributed by atoms with Crippen molar-refractivity contribution in [3.63, 3.8) is 0 Å². The first-order chi connectivity index (χ1) is 9.07. The van der Waals surface area contributed by atoms with Crippen LogP contribution in [0.25, 0.3) is 0 Å². The van der Waals surface area contributed by atoms with Crippen molar-refractivity contribution in [3.05, 3.63) is 35.9 Å². The van der Waals surface area contributed by atoms with Crippen molar-refractivity contribution in [1.29, 1.82) is 0 Å². The summed E-state index contributed by atoms with van der Waals surface area (Å²) < 4.78 is 30.9. The summed E-state index contributed by atoms with van der Waals surface area (Å²) in [7, 11) is -1.84. The highest BCUT2D eigenvalue weighted by Gasteiger charge is 2.17. The van der Waals surface area contributed by atoms with Crippen LogP contribution in [0.15, 0.2) is 30.3 Å². The predicted octanol–water partition coefficient (Wildman–Crippen LogP) is 0.546. The van der Waals surface area contributed by atoms with E-state index in [9.17, 15) is 13.5 Å². The van der Waals surface area contributed by atoms with Crippen molar-refractivity contribution in [2.24, 2.45) is 0 Å². The van der Waals surface area contributed by atoms with Crippen LogP contribution >= 0.6 is 0 Å². The first-order valence-electron chi connectivity index (χ1n) is 6.21. The van der Waals surface area contributed by atoms with Crippen LogP contribution in [0.4, 0.5) is 0 Å². The lowest BCUT2D eigenvalue weighted by Gasteiger charge is -2.16. The van der Waals surface area contributed by atoms with Crippen molar-refractivity contribution in [2.45, 2.75) is 18.9 Å². The Hall–Kier alpha value is -0.950. The first kappa shape index (κ1) is 16.1. The fourth-order valence-electron chi connectivity index (χ4n) is 1.75. The number of rotatable bonds is 9. The van der Waals surface area contributed by atoms with Crippen LogP contribution in [0.2, 0.25) is 0 Å². The number of benzene rings is 1. The summed E-state index contributed by atoms with van der Waals surface area (Å²) in [5.41, 5.74) is 0.987. The molecule has 1 aromatic carbocycles. The van der Waals surface area contributed by atoms with E-state index in [1.165, 1.54) is 7.11 Å². The Morgan fingerprint density at radius 2 is 2.00 bits per heavy atom. The Kier molecular flexibility index (Phi) is 7.01. The van der Waals surface area contributed by atoms with E-state index < -0.39 is 16.1 Å². The third kappa shape index (κ3) is 6.68. The van der Waals surface area contributed by atoms with Crippen LogP contribution < -0.4 is 4.72 Å². The number of methoxy groups -OCH3 is 1. The average Bonchev–Trinajstić information content (AvgIpc) is 2.39. The van der Waals surface area contributed by atoms with E-state index in [0.717, 1.165) is 5.56 Å². The molecule has 108 valence electrons. The summed E-state index contributed by atoms with van der Waals surface area (Å²) in [6.45, 7) is 0.182. The van der Waals surface area contributed by atoms with Crippen molar-refractivity contribution in [3.8, 4) is 0 Å². The van der Waals surface area contributed by atoms with Gasteiger partial charge in [0.05, 0.1) is 12.4 Å². The Morgan fingerprint density at radius 1 is 1.32 bits per heavy atom. The van der Waals surface area contributed by atoms with Crippen molar-refractivity contribution < 1.29 is 18.3 Å². The fraction of sp³-hybridized carbons (Fsp3) is 0.538. The van der Waals surface area contributed by atoms with Crippen LogP contribution in [-0.4, -0.2) is 45.6 Å². The van der Waals surface area contributed by atoms with Gasteiger partial charge >= 0.3 is 0 Å². The molecule has 6 heteroatoms. The molecule has 0 amide bonds. The molecule has 0 bridgehead atoms. The largest absolute Gasteiger partial charge is 0.395 e. The lowest BCUT2D eigenvalue weighted by molar-refractivity contribution is 0.199. The van der Waals surface area contributed by atoms with Crippen LogP contribution in [0.3, 0.4) is 0 Å². The zero-order valence-corrected chi connectivity index (χ0v) is 11.9. The monoisotopic (exact) mass is 287 g/mol. The Morgan fingerprint density at radius 3 is 2.58 bits per heavy atom. The van der Waals surface area contributed by atoms with Gasteiger partial charge in [0.25, 0.3) is 0 Å². The molecule has 0 aromatic heterocycles. The average molecular weight is 287 g/mol. The van der Waals surface area contributed by atoms with Crippen molar-refractivity contribution in [1.82, 2.24) is 4.72 Å². The molecule has 0 fully saturated rings. The first-order valence-corrected chi connectivity index (χ1v) is 7.86. The normalized spacial score (nSPS) is 13.4. The van der Waals surface area contributed by atoms with Crippen molar-refractivity contribution >= 4 is 10.0 Å². The zero-order valence-electron chi connectivity index (χ0n) is 11.1. The second kappa shape index (κ2) is 8.27. The van der Waals surface area contributed by atoms with Crippen LogP contribution in [0.1, 0.15) is 12.0 Å². The summed E-state index contributed by atoms with van der Waals surface area (Å²) >= 11 is 0. The molecular weight excluding hydrogens is 266 g/mol. The minimum atomic E-state index is -3.38. The van der Waals surface area contributed by atoms with Gasteiger partial charge in [-0.05, 0) is 18.4 Å². The highest BCUT2D eigenvalue weighted by Crippen LogP contribution is 2.04. The minimum Gasteiger partial charge on any atom is -0.395 e. The highest BCUT2D eigenvalue weighted by molar-refractivity contribution is 7.89. The number of aliphatic hydroxyl groups is 1. The van der Waals surface area contributed by atoms with Gasteiger partial charge in [0, 0.05) is 19.8 Å². The molecule has 0 spiro atoms. The Labute approximate surface area is 114 Å². The number of sulfonamides is 1. The maximum Gasteiger partial charge on any atom is 0.212 e. The second-order valence-electron chi connectivity index (χ2n) is 4.35. The molecule has 1 aromatic rings. The van der Waals surface area contributed by atoms with Crippen LogP contribution in [0.5, 0.6) is 0 Å². The van der Waals surface area contributed by atoms with Gasteiger partial charge in [0.1, 0.15) is 0 Å². The summed E-state index contributed by atoms with van der Waals surface area (Å²) in [5.74, 6) is 0.00608. The predicted molar refractivity (Wildman–Crippen MR) is 74.4 cm³/mol. The third-order valence-electron chi connectivity index (χ3n) is 2.65. The van der Waals surface area contributed by atoms with E-state index in [2.05, 4.69) is 4.72 Å². The van der Waals surface area contributed by atoms with Gasteiger partial charge in [-0.25, -0.2) is 13.1 Å². The molecule has 0 aliphatic carbocycles. The molecule has 0 heterocycles. The number of aliphatic hydroxyl groups excluding tert-OH is 1. The quantitative estimate of drug-likeness (QED) is 0.650. The number of nitrogens with one attached hydrogen (secondary N) is 1. The minimum absolute atomic E-state index is 0.00608. The molecule has 0 aliphatic heterocycles. The molecule has 0 unspecified atom stereocenters. The maximum absolute atomic E-state index is 11.8. The van der Waals surface area contributed by atoms with Crippen LogP contribution in [-0.2, 0) is 21.2 Å². The van der Waals surface area contributed by atoms with E-state index >= 15 is 0 Å². The Balaban J connectivity index is 2.52. The molecule has 0 saturated heterocycles. The summed E-state index contributed by atoms with van der Waals surface area (Å²) in [5, 5.41) is 9.27. The molecule has 0 radical (unpaired) electrons. The second-order valence-corrected chi connectivity index (χ2v) is 6.23. The van der Waals surface area contributed by atoms with E-state index in [-0.39, 0.29) is 12.4 Å².